The minimum Gasteiger partial charge on any atom is -0.384 e. The van der Waals surface area contributed by atoms with E-state index in [-0.39, 0.29) is 16.1 Å². The van der Waals surface area contributed by atoms with E-state index in [1.807, 2.05) is 0 Å². The first-order valence-corrected chi connectivity index (χ1v) is 6.86. The van der Waals surface area contributed by atoms with Crippen molar-refractivity contribution < 1.29 is 8.78 Å². The molecule has 2 aromatic carbocycles. The van der Waals surface area contributed by atoms with E-state index in [0.29, 0.717) is 15.4 Å². The number of halogens is 3. The normalized spacial score (nSPS) is 10.5. The summed E-state index contributed by atoms with van der Waals surface area (Å²) in [6.45, 7) is 0. The number of hydrogen-bond donors (Lipinski definition) is 2. The molecule has 0 saturated heterocycles. The van der Waals surface area contributed by atoms with Crippen molar-refractivity contribution in [1.82, 2.24) is 0 Å². The molecule has 0 heterocycles. The Morgan fingerprint density at radius 1 is 1.21 bits per heavy atom. The van der Waals surface area contributed by atoms with Crippen LogP contribution < -0.4 is 5.73 Å². The van der Waals surface area contributed by atoms with Crippen molar-refractivity contribution in [3.05, 3.63) is 58.1 Å². The van der Waals surface area contributed by atoms with Gasteiger partial charge in [-0.15, -0.1) is 0 Å². The Labute approximate surface area is 121 Å². The Balaban J connectivity index is 2.37. The van der Waals surface area contributed by atoms with Gasteiger partial charge in [0, 0.05) is 15.4 Å². The summed E-state index contributed by atoms with van der Waals surface area (Å²) in [5, 5.41) is 7.32. The third-order valence-corrected chi connectivity index (χ3v) is 4.16. The molecule has 0 aliphatic rings. The summed E-state index contributed by atoms with van der Waals surface area (Å²) in [5.41, 5.74) is 5.63. The maximum Gasteiger partial charge on any atom is 0.152 e. The lowest BCUT2D eigenvalue weighted by molar-refractivity contribution is 0.594. The van der Waals surface area contributed by atoms with Crippen molar-refractivity contribution in [2.24, 2.45) is 5.73 Å². The standard InChI is InChI=1S/C13H9BrF2N2S/c14-11-9(13(17)18)4-5-10(12(11)16)19-8-3-1-2-7(15)6-8/h1-6H,(H3,17,18). The first kappa shape index (κ1) is 14.0. The highest BCUT2D eigenvalue weighted by molar-refractivity contribution is 9.10. The number of benzene rings is 2. The van der Waals surface area contributed by atoms with Gasteiger partial charge in [-0.1, -0.05) is 17.8 Å². The molecule has 0 amide bonds. The highest BCUT2D eigenvalue weighted by Crippen LogP contribution is 2.34. The van der Waals surface area contributed by atoms with Gasteiger partial charge in [0.15, 0.2) is 5.82 Å². The van der Waals surface area contributed by atoms with Gasteiger partial charge in [0.25, 0.3) is 0 Å². The van der Waals surface area contributed by atoms with Gasteiger partial charge in [0.05, 0.1) is 4.47 Å². The van der Waals surface area contributed by atoms with Crippen LogP contribution in [0, 0.1) is 17.0 Å². The van der Waals surface area contributed by atoms with Crippen LogP contribution >= 0.6 is 27.7 Å². The number of nitrogen functional groups attached to an aromatic ring is 1. The number of hydrogen-bond acceptors (Lipinski definition) is 2. The Kier molecular flexibility index (Phi) is 4.21. The number of nitrogens with one attached hydrogen (secondary N) is 1. The van der Waals surface area contributed by atoms with E-state index in [0.717, 1.165) is 11.8 Å². The first-order chi connectivity index (χ1) is 8.99. The summed E-state index contributed by atoms with van der Waals surface area (Å²) < 4.78 is 27.3. The van der Waals surface area contributed by atoms with Crippen LogP contribution in [0.2, 0.25) is 0 Å². The molecule has 0 bridgehead atoms. The van der Waals surface area contributed by atoms with Gasteiger partial charge in [0.1, 0.15) is 11.7 Å². The molecule has 2 nitrogen and oxygen atoms in total. The van der Waals surface area contributed by atoms with E-state index in [4.69, 9.17) is 11.1 Å². The average Bonchev–Trinajstić information content (AvgIpc) is 2.35. The highest BCUT2D eigenvalue weighted by atomic mass is 79.9. The molecule has 0 aromatic heterocycles. The average molecular weight is 343 g/mol. The smallest absolute Gasteiger partial charge is 0.152 e. The zero-order valence-electron chi connectivity index (χ0n) is 9.58. The summed E-state index contributed by atoms with van der Waals surface area (Å²) >= 11 is 4.18. The molecule has 0 spiro atoms. The molecular formula is C13H9BrF2N2S. The topological polar surface area (TPSA) is 49.9 Å². The number of nitrogens with two attached hydrogens (primary N) is 1. The fourth-order valence-electron chi connectivity index (χ4n) is 1.48. The minimum absolute atomic E-state index is 0.140. The molecule has 3 N–H and O–H groups in total. The second-order valence-electron chi connectivity index (χ2n) is 3.71. The number of rotatable bonds is 3. The van der Waals surface area contributed by atoms with E-state index in [2.05, 4.69) is 15.9 Å². The lowest BCUT2D eigenvalue weighted by atomic mass is 10.2. The summed E-state index contributed by atoms with van der Waals surface area (Å²) in [4.78, 5) is 0.934. The molecule has 0 fully saturated rings. The van der Waals surface area contributed by atoms with Gasteiger partial charge in [-0.2, -0.15) is 0 Å². The number of amidine groups is 1. The van der Waals surface area contributed by atoms with Crippen LogP contribution in [0.1, 0.15) is 5.56 Å². The second kappa shape index (κ2) is 5.71. The zero-order chi connectivity index (χ0) is 14.0. The molecule has 0 saturated carbocycles. The van der Waals surface area contributed by atoms with Gasteiger partial charge in [-0.25, -0.2) is 8.78 Å². The summed E-state index contributed by atoms with van der Waals surface area (Å²) in [5.74, 6) is -1.10. The van der Waals surface area contributed by atoms with Crippen LogP contribution in [0.15, 0.2) is 50.7 Å². The monoisotopic (exact) mass is 342 g/mol. The summed E-state index contributed by atoms with van der Waals surface area (Å²) in [6, 6.07) is 8.99. The zero-order valence-corrected chi connectivity index (χ0v) is 12.0. The lowest BCUT2D eigenvalue weighted by Gasteiger charge is -2.08. The molecule has 0 radical (unpaired) electrons. The molecule has 0 unspecified atom stereocenters. The van der Waals surface area contributed by atoms with Gasteiger partial charge in [-0.05, 0) is 46.3 Å². The molecule has 19 heavy (non-hydrogen) atoms. The third-order valence-electron chi connectivity index (χ3n) is 2.36. The Morgan fingerprint density at radius 3 is 2.58 bits per heavy atom. The van der Waals surface area contributed by atoms with E-state index >= 15 is 0 Å². The van der Waals surface area contributed by atoms with Crippen LogP contribution in [0.25, 0.3) is 0 Å². The van der Waals surface area contributed by atoms with Crippen LogP contribution in [0.4, 0.5) is 8.78 Å². The van der Waals surface area contributed by atoms with Crippen molar-refractivity contribution in [2.45, 2.75) is 9.79 Å². The summed E-state index contributed by atoms with van der Waals surface area (Å²) in [7, 11) is 0. The Hall–Kier alpha value is -1.40. The second-order valence-corrected chi connectivity index (χ2v) is 5.62. The van der Waals surface area contributed by atoms with Crippen molar-refractivity contribution >= 4 is 33.5 Å². The van der Waals surface area contributed by atoms with Crippen LogP contribution in [0.3, 0.4) is 0 Å². The highest BCUT2D eigenvalue weighted by Gasteiger charge is 2.14. The molecule has 0 atom stereocenters. The van der Waals surface area contributed by atoms with E-state index < -0.39 is 5.82 Å². The molecule has 98 valence electrons. The lowest BCUT2D eigenvalue weighted by Crippen LogP contribution is -2.12. The molecule has 6 heteroatoms. The van der Waals surface area contributed by atoms with Crippen LogP contribution in [-0.4, -0.2) is 5.84 Å². The van der Waals surface area contributed by atoms with E-state index in [1.165, 1.54) is 18.2 Å². The van der Waals surface area contributed by atoms with Crippen molar-refractivity contribution in [3.63, 3.8) is 0 Å². The minimum atomic E-state index is -0.512. The van der Waals surface area contributed by atoms with Gasteiger partial charge < -0.3 is 5.73 Å². The van der Waals surface area contributed by atoms with Gasteiger partial charge >= 0.3 is 0 Å². The van der Waals surface area contributed by atoms with Crippen molar-refractivity contribution in [1.29, 1.82) is 5.41 Å². The van der Waals surface area contributed by atoms with Crippen LogP contribution in [-0.2, 0) is 0 Å². The van der Waals surface area contributed by atoms with Crippen molar-refractivity contribution in [3.8, 4) is 0 Å². The Morgan fingerprint density at radius 2 is 1.95 bits per heavy atom. The maximum atomic E-state index is 14.1. The predicted molar refractivity (Wildman–Crippen MR) is 75.6 cm³/mol. The van der Waals surface area contributed by atoms with E-state index in [1.54, 1.807) is 18.2 Å². The van der Waals surface area contributed by atoms with Crippen LogP contribution in [0.5, 0.6) is 0 Å². The largest absolute Gasteiger partial charge is 0.384 e. The van der Waals surface area contributed by atoms with Gasteiger partial charge in [0.2, 0.25) is 0 Å². The maximum absolute atomic E-state index is 14.1. The molecular weight excluding hydrogens is 334 g/mol. The molecule has 2 aromatic rings. The fraction of sp³-hybridized carbons (Fsp3) is 0. The Bertz CT molecular complexity index is 647. The predicted octanol–water partition coefficient (Wildman–Crippen LogP) is 4.16. The SMILES string of the molecule is N=C(N)c1ccc(Sc2cccc(F)c2)c(F)c1Br. The third kappa shape index (κ3) is 3.13. The fourth-order valence-corrected chi connectivity index (χ4v) is 3.07. The molecule has 0 aliphatic heterocycles. The first-order valence-electron chi connectivity index (χ1n) is 5.25. The quantitative estimate of drug-likeness (QED) is 0.649. The molecule has 2 rings (SSSR count). The van der Waals surface area contributed by atoms with Gasteiger partial charge in [-0.3, -0.25) is 5.41 Å². The van der Waals surface area contributed by atoms with Crippen molar-refractivity contribution in [2.75, 3.05) is 0 Å². The molecule has 0 aliphatic carbocycles. The summed E-state index contributed by atoms with van der Waals surface area (Å²) in [6.07, 6.45) is 0. The van der Waals surface area contributed by atoms with E-state index in [9.17, 15) is 8.78 Å².